The van der Waals surface area contributed by atoms with Gasteiger partial charge in [0, 0.05) is 37.3 Å². The Morgan fingerprint density at radius 3 is 2.71 bits per heavy atom. The lowest BCUT2D eigenvalue weighted by Gasteiger charge is -2.13. The van der Waals surface area contributed by atoms with Gasteiger partial charge in [-0.15, -0.1) is 0 Å². The SMILES string of the molecule is CNC(=O)CCOc1ccc([N+](=O)[O-])cc1CNC(C)C. The molecule has 0 saturated heterocycles. The van der Waals surface area contributed by atoms with Crippen molar-refractivity contribution in [2.75, 3.05) is 13.7 Å². The van der Waals surface area contributed by atoms with Crippen LogP contribution in [0.25, 0.3) is 0 Å². The summed E-state index contributed by atoms with van der Waals surface area (Å²) in [4.78, 5) is 21.6. The fraction of sp³-hybridized carbons (Fsp3) is 0.500. The Bertz CT molecular complexity index is 503. The highest BCUT2D eigenvalue weighted by Crippen LogP contribution is 2.24. The predicted octanol–water partition coefficient (Wildman–Crippen LogP) is 1.61. The number of nitro benzene ring substituents is 1. The van der Waals surface area contributed by atoms with Crippen LogP contribution in [0.2, 0.25) is 0 Å². The van der Waals surface area contributed by atoms with E-state index in [1.807, 2.05) is 13.8 Å². The first-order chi connectivity index (χ1) is 9.93. The number of hydrogen-bond acceptors (Lipinski definition) is 5. The van der Waals surface area contributed by atoms with Gasteiger partial charge < -0.3 is 15.4 Å². The van der Waals surface area contributed by atoms with E-state index in [9.17, 15) is 14.9 Å². The van der Waals surface area contributed by atoms with Crippen molar-refractivity contribution in [1.29, 1.82) is 0 Å². The van der Waals surface area contributed by atoms with Gasteiger partial charge in [0.05, 0.1) is 18.0 Å². The normalized spacial score (nSPS) is 10.5. The van der Waals surface area contributed by atoms with E-state index < -0.39 is 4.92 Å². The molecule has 0 aromatic heterocycles. The Kier molecular flexibility index (Phi) is 6.61. The van der Waals surface area contributed by atoms with Crippen LogP contribution in [0.5, 0.6) is 5.75 Å². The van der Waals surface area contributed by atoms with Gasteiger partial charge in [-0.3, -0.25) is 14.9 Å². The molecule has 7 nitrogen and oxygen atoms in total. The number of nitrogens with one attached hydrogen (secondary N) is 2. The number of carbonyl (C=O) groups excluding carboxylic acids is 1. The summed E-state index contributed by atoms with van der Waals surface area (Å²) < 4.78 is 5.55. The average molecular weight is 295 g/mol. The van der Waals surface area contributed by atoms with Crippen LogP contribution in [0.4, 0.5) is 5.69 Å². The molecule has 0 fully saturated rings. The number of benzene rings is 1. The summed E-state index contributed by atoms with van der Waals surface area (Å²) in [5, 5.41) is 16.5. The highest BCUT2D eigenvalue weighted by atomic mass is 16.6. The zero-order valence-electron chi connectivity index (χ0n) is 12.5. The second-order valence-corrected chi connectivity index (χ2v) is 4.86. The first-order valence-electron chi connectivity index (χ1n) is 6.78. The largest absolute Gasteiger partial charge is 0.493 e. The number of amides is 1. The molecule has 0 saturated carbocycles. The minimum absolute atomic E-state index is 0.0224. The molecule has 0 heterocycles. The molecule has 0 aliphatic rings. The molecule has 0 spiro atoms. The van der Waals surface area contributed by atoms with Crippen LogP contribution in [0.15, 0.2) is 18.2 Å². The molecule has 1 aromatic rings. The second-order valence-electron chi connectivity index (χ2n) is 4.86. The number of ether oxygens (including phenoxy) is 1. The maximum absolute atomic E-state index is 11.2. The highest BCUT2D eigenvalue weighted by Gasteiger charge is 2.12. The summed E-state index contributed by atoms with van der Waals surface area (Å²) in [6, 6.07) is 4.71. The molecule has 2 N–H and O–H groups in total. The molecule has 0 aliphatic heterocycles. The first-order valence-corrected chi connectivity index (χ1v) is 6.78. The molecule has 1 amide bonds. The van der Waals surface area contributed by atoms with Crippen LogP contribution in [-0.4, -0.2) is 30.5 Å². The minimum Gasteiger partial charge on any atom is -0.493 e. The van der Waals surface area contributed by atoms with Crippen molar-refractivity contribution < 1.29 is 14.5 Å². The lowest BCUT2D eigenvalue weighted by atomic mass is 10.1. The molecule has 7 heteroatoms. The molecule has 1 rings (SSSR count). The van der Waals surface area contributed by atoms with Gasteiger partial charge in [-0.25, -0.2) is 0 Å². The van der Waals surface area contributed by atoms with E-state index in [0.29, 0.717) is 17.9 Å². The summed E-state index contributed by atoms with van der Waals surface area (Å²) >= 11 is 0. The van der Waals surface area contributed by atoms with Gasteiger partial charge in [-0.2, -0.15) is 0 Å². The smallest absolute Gasteiger partial charge is 0.270 e. The number of carbonyl (C=O) groups is 1. The summed E-state index contributed by atoms with van der Waals surface area (Å²) in [6.45, 7) is 4.67. The van der Waals surface area contributed by atoms with E-state index in [4.69, 9.17) is 4.74 Å². The van der Waals surface area contributed by atoms with E-state index >= 15 is 0 Å². The van der Waals surface area contributed by atoms with Crippen LogP contribution >= 0.6 is 0 Å². The molecular formula is C14H21N3O4. The monoisotopic (exact) mass is 295 g/mol. The third-order valence-corrected chi connectivity index (χ3v) is 2.82. The summed E-state index contributed by atoms with van der Waals surface area (Å²) in [5.74, 6) is 0.441. The third-order valence-electron chi connectivity index (χ3n) is 2.82. The number of non-ortho nitro benzene ring substituents is 1. The van der Waals surface area contributed by atoms with Gasteiger partial charge in [0.2, 0.25) is 5.91 Å². The lowest BCUT2D eigenvalue weighted by molar-refractivity contribution is -0.384. The van der Waals surface area contributed by atoms with Gasteiger partial charge in [0.15, 0.2) is 0 Å². The Labute approximate surface area is 123 Å². The molecule has 21 heavy (non-hydrogen) atoms. The van der Waals surface area contributed by atoms with Crippen molar-refractivity contribution in [2.45, 2.75) is 32.9 Å². The van der Waals surface area contributed by atoms with Crippen molar-refractivity contribution in [3.63, 3.8) is 0 Å². The Morgan fingerprint density at radius 1 is 1.43 bits per heavy atom. The molecule has 0 unspecified atom stereocenters. The average Bonchev–Trinajstić information content (AvgIpc) is 2.45. The standard InChI is InChI=1S/C14H21N3O4/c1-10(2)16-9-11-8-12(17(19)20)4-5-13(11)21-7-6-14(18)15-3/h4-5,8,10,16H,6-7,9H2,1-3H3,(H,15,18). The fourth-order valence-corrected chi connectivity index (χ4v) is 1.65. The van der Waals surface area contributed by atoms with E-state index in [0.717, 1.165) is 0 Å². The molecule has 1 aromatic carbocycles. The predicted molar refractivity (Wildman–Crippen MR) is 79.3 cm³/mol. The van der Waals surface area contributed by atoms with E-state index in [1.54, 1.807) is 13.1 Å². The minimum atomic E-state index is -0.437. The lowest BCUT2D eigenvalue weighted by Crippen LogP contribution is -2.23. The van der Waals surface area contributed by atoms with E-state index in [1.165, 1.54) is 12.1 Å². The molecule has 0 aliphatic carbocycles. The van der Waals surface area contributed by atoms with E-state index in [-0.39, 0.29) is 30.7 Å². The number of nitro groups is 1. The fourth-order valence-electron chi connectivity index (χ4n) is 1.65. The molecular weight excluding hydrogens is 274 g/mol. The van der Waals surface area contributed by atoms with Gasteiger partial charge in [-0.1, -0.05) is 13.8 Å². The summed E-state index contributed by atoms with van der Waals surface area (Å²) in [5.41, 5.74) is 0.726. The van der Waals surface area contributed by atoms with Crippen molar-refractivity contribution >= 4 is 11.6 Å². The quantitative estimate of drug-likeness (QED) is 0.561. The molecule has 0 radical (unpaired) electrons. The van der Waals surface area contributed by atoms with Crippen molar-refractivity contribution in [1.82, 2.24) is 10.6 Å². The first kappa shape index (κ1) is 16.9. The number of nitrogens with zero attached hydrogens (tertiary/aromatic N) is 1. The van der Waals surface area contributed by atoms with Crippen molar-refractivity contribution in [2.24, 2.45) is 0 Å². The van der Waals surface area contributed by atoms with Crippen LogP contribution in [0, 0.1) is 10.1 Å². The number of hydrogen-bond donors (Lipinski definition) is 2. The zero-order valence-corrected chi connectivity index (χ0v) is 12.5. The molecule has 0 atom stereocenters. The molecule has 116 valence electrons. The topological polar surface area (TPSA) is 93.5 Å². The zero-order chi connectivity index (χ0) is 15.8. The van der Waals surface area contributed by atoms with Crippen LogP contribution in [0.3, 0.4) is 0 Å². The van der Waals surface area contributed by atoms with Crippen LogP contribution < -0.4 is 15.4 Å². The summed E-state index contributed by atoms with van der Waals surface area (Å²) in [7, 11) is 1.56. The summed E-state index contributed by atoms with van der Waals surface area (Å²) in [6.07, 6.45) is 0.241. The van der Waals surface area contributed by atoms with Crippen LogP contribution in [-0.2, 0) is 11.3 Å². The van der Waals surface area contributed by atoms with Crippen molar-refractivity contribution in [3.05, 3.63) is 33.9 Å². The third kappa shape index (κ3) is 5.78. The number of rotatable bonds is 8. The van der Waals surface area contributed by atoms with E-state index in [2.05, 4.69) is 10.6 Å². The van der Waals surface area contributed by atoms with Crippen molar-refractivity contribution in [3.8, 4) is 5.75 Å². The van der Waals surface area contributed by atoms with Gasteiger partial charge >= 0.3 is 0 Å². The van der Waals surface area contributed by atoms with Gasteiger partial charge in [0.25, 0.3) is 5.69 Å². The second kappa shape index (κ2) is 8.21. The maximum atomic E-state index is 11.2. The highest BCUT2D eigenvalue weighted by molar-refractivity contribution is 5.75. The Hall–Kier alpha value is -2.15. The van der Waals surface area contributed by atoms with Gasteiger partial charge in [-0.05, 0) is 6.07 Å². The van der Waals surface area contributed by atoms with Crippen LogP contribution in [0.1, 0.15) is 25.8 Å². The van der Waals surface area contributed by atoms with Gasteiger partial charge in [0.1, 0.15) is 5.75 Å². The Balaban J connectivity index is 2.79. The Morgan fingerprint density at radius 2 is 2.14 bits per heavy atom. The maximum Gasteiger partial charge on any atom is 0.270 e. The molecule has 0 bridgehead atoms.